The number of nitrogens with zero attached hydrogens (tertiary/aromatic N) is 1. The summed E-state index contributed by atoms with van der Waals surface area (Å²) in [7, 11) is 0.258. The topological polar surface area (TPSA) is 49.8 Å². The van der Waals surface area contributed by atoms with E-state index < -0.39 is 5.97 Å². The number of hydrogen-bond acceptors (Lipinski definition) is 4. The first-order valence-electron chi connectivity index (χ1n) is 3.54. The smallest absolute Gasteiger partial charge is 0.320 e. The highest BCUT2D eigenvalue weighted by Crippen LogP contribution is 2.02. The van der Waals surface area contributed by atoms with Crippen molar-refractivity contribution in [1.82, 2.24) is 5.06 Å². The van der Waals surface area contributed by atoms with E-state index in [1.165, 1.54) is 5.06 Å². The third-order valence-electron chi connectivity index (χ3n) is 0.912. The molecule has 0 fully saturated rings. The average Bonchev–Trinajstić information content (AvgIpc) is 1.84. The second kappa shape index (κ2) is 6.43. The van der Waals surface area contributed by atoms with Gasteiger partial charge in [-0.25, -0.2) is 0 Å². The molecule has 0 saturated carbocycles. The minimum Gasteiger partial charge on any atom is -0.480 e. The minimum atomic E-state index is -0.899. The number of hydrogen-bond donors (Lipinski definition) is 1. The molecule has 0 amide bonds. The van der Waals surface area contributed by atoms with Gasteiger partial charge in [0.25, 0.3) is 0 Å². The van der Waals surface area contributed by atoms with Crippen LogP contribution in [0.2, 0.25) is 0 Å². The first-order valence-corrected chi connectivity index (χ1v) is 5.88. The SMILES string of the molecule is CC(C)ON(C[PH+]=S)CC(=O)O. The van der Waals surface area contributed by atoms with Crippen molar-refractivity contribution < 1.29 is 14.7 Å². The molecule has 0 heterocycles. The lowest BCUT2D eigenvalue weighted by molar-refractivity contribution is -0.186. The first kappa shape index (κ1) is 11.9. The molecular formula is C6H13NO3PS+. The van der Waals surface area contributed by atoms with Crippen molar-refractivity contribution in [3.8, 4) is 0 Å². The van der Waals surface area contributed by atoms with Gasteiger partial charge in [0.2, 0.25) is 0 Å². The fourth-order valence-electron chi connectivity index (χ4n) is 0.651. The van der Waals surface area contributed by atoms with Crippen LogP contribution in [0.1, 0.15) is 13.8 Å². The monoisotopic (exact) mass is 210 g/mol. The zero-order valence-corrected chi connectivity index (χ0v) is 8.93. The molecule has 0 bridgehead atoms. The van der Waals surface area contributed by atoms with Crippen molar-refractivity contribution in [1.29, 1.82) is 0 Å². The molecule has 4 nitrogen and oxygen atoms in total. The molecule has 70 valence electrons. The van der Waals surface area contributed by atoms with Gasteiger partial charge in [-0.3, -0.25) is 9.63 Å². The fraction of sp³-hybridized carbons (Fsp3) is 0.833. The van der Waals surface area contributed by atoms with E-state index in [1.54, 1.807) is 0 Å². The van der Waals surface area contributed by atoms with Gasteiger partial charge >= 0.3 is 5.97 Å². The zero-order chi connectivity index (χ0) is 9.56. The van der Waals surface area contributed by atoms with Crippen LogP contribution < -0.4 is 0 Å². The van der Waals surface area contributed by atoms with Crippen molar-refractivity contribution in [2.24, 2.45) is 0 Å². The molecule has 0 aromatic rings. The Morgan fingerprint density at radius 2 is 2.33 bits per heavy atom. The molecule has 6 heteroatoms. The first-order chi connectivity index (χ1) is 5.56. The lowest BCUT2D eigenvalue weighted by atomic mass is 10.5. The largest absolute Gasteiger partial charge is 0.480 e. The van der Waals surface area contributed by atoms with Crippen molar-refractivity contribution >= 4 is 25.1 Å². The van der Waals surface area contributed by atoms with Crippen molar-refractivity contribution in [3.05, 3.63) is 0 Å². The number of carboxylic acid groups (broad SMARTS) is 1. The molecule has 0 spiro atoms. The molecule has 1 N–H and O–H groups in total. The van der Waals surface area contributed by atoms with Crippen LogP contribution in [0.3, 0.4) is 0 Å². The zero-order valence-electron chi connectivity index (χ0n) is 7.11. The molecule has 0 aliphatic rings. The highest BCUT2D eigenvalue weighted by atomic mass is 32.4. The van der Waals surface area contributed by atoms with Gasteiger partial charge in [0.15, 0.2) is 25.4 Å². The number of carbonyl (C=O) groups is 1. The Balaban J connectivity index is 3.85. The van der Waals surface area contributed by atoms with Gasteiger partial charge in [-0.1, -0.05) is 0 Å². The molecule has 0 aromatic carbocycles. The summed E-state index contributed by atoms with van der Waals surface area (Å²) >= 11 is 4.75. The van der Waals surface area contributed by atoms with Gasteiger partial charge in [0.05, 0.1) is 6.10 Å². The predicted octanol–water partition coefficient (Wildman–Crippen LogP) is 0.811. The van der Waals surface area contributed by atoms with E-state index in [-0.39, 0.29) is 20.0 Å². The normalized spacial score (nSPS) is 11.3. The molecule has 0 rings (SSSR count). The van der Waals surface area contributed by atoms with E-state index in [1.807, 2.05) is 13.8 Å². The standard InChI is InChI=1S/C6H12NO3PS/c1-5(2)10-7(4-11-12)3-6(8)9/h5H,3-4H2,1-2H3,(H,8,9)/p+1. The van der Waals surface area contributed by atoms with E-state index >= 15 is 0 Å². The molecule has 0 aliphatic carbocycles. The molecule has 0 saturated heterocycles. The molecule has 0 aliphatic heterocycles. The Bertz CT molecular complexity index is 165. The van der Waals surface area contributed by atoms with Gasteiger partial charge in [-0.05, 0) is 13.8 Å². The Morgan fingerprint density at radius 3 is 2.67 bits per heavy atom. The summed E-state index contributed by atoms with van der Waals surface area (Å²) in [5.74, 6) is -0.899. The molecule has 0 aromatic heterocycles. The van der Waals surface area contributed by atoms with Gasteiger partial charge in [-0.15, -0.1) is 5.06 Å². The maximum atomic E-state index is 10.3. The lowest BCUT2D eigenvalue weighted by Gasteiger charge is -2.16. The summed E-state index contributed by atoms with van der Waals surface area (Å²) in [4.78, 5) is 15.5. The Labute approximate surface area is 78.3 Å². The van der Waals surface area contributed by atoms with E-state index in [4.69, 9.17) is 21.8 Å². The van der Waals surface area contributed by atoms with E-state index in [0.717, 1.165) is 0 Å². The van der Waals surface area contributed by atoms with E-state index in [0.29, 0.717) is 6.29 Å². The quantitative estimate of drug-likeness (QED) is 0.519. The van der Waals surface area contributed by atoms with Gasteiger partial charge in [0, 0.05) is 0 Å². The van der Waals surface area contributed by atoms with Crippen LogP contribution in [0.25, 0.3) is 0 Å². The van der Waals surface area contributed by atoms with E-state index in [2.05, 4.69) is 0 Å². The average molecular weight is 210 g/mol. The van der Waals surface area contributed by atoms with Crippen LogP contribution in [0.5, 0.6) is 0 Å². The molecule has 1 unspecified atom stereocenters. The molecule has 0 radical (unpaired) electrons. The number of carboxylic acids is 1. The lowest BCUT2D eigenvalue weighted by Crippen LogP contribution is -2.31. The number of aliphatic carboxylic acids is 1. The summed E-state index contributed by atoms with van der Waals surface area (Å²) in [5.41, 5.74) is 0. The Morgan fingerprint density at radius 1 is 1.75 bits per heavy atom. The summed E-state index contributed by atoms with van der Waals surface area (Å²) < 4.78 is 0. The van der Waals surface area contributed by atoms with Crippen LogP contribution >= 0.6 is 7.36 Å². The summed E-state index contributed by atoms with van der Waals surface area (Å²) in [6.45, 7) is 3.59. The van der Waals surface area contributed by atoms with Crippen LogP contribution in [-0.4, -0.2) is 35.1 Å². The maximum Gasteiger partial charge on any atom is 0.320 e. The van der Waals surface area contributed by atoms with Crippen LogP contribution in [0, 0.1) is 0 Å². The number of hydroxylamine groups is 2. The van der Waals surface area contributed by atoms with Crippen molar-refractivity contribution in [3.63, 3.8) is 0 Å². The van der Waals surface area contributed by atoms with Crippen molar-refractivity contribution in [2.45, 2.75) is 20.0 Å². The number of rotatable bonds is 6. The minimum absolute atomic E-state index is 0.00398. The van der Waals surface area contributed by atoms with Gasteiger partial charge < -0.3 is 5.11 Å². The third-order valence-corrected chi connectivity index (χ3v) is 1.78. The Kier molecular flexibility index (Phi) is 6.38. The second-order valence-electron chi connectivity index (χ2n) is 2.49. The highest BCUT2D eigenvalue weighted by Gasteiger charge is 2.13. The van der Waals surface area contributed by atoms with Crippen molar-refractivity contribution in [2.75, 3.05) is 12.8 Å². The van der Waals surface area contributed by atoms with Gasteiger partial charge in [-0.2, -0.15) is 0 Å². The van der Waals surface area contributed by atoms with Crippen LogP contribution in [-0.2, 0) is 21.4 Å². The maximum absolute atomic E-state index is 10.3. The Hall–Kier alpha value is -0.0900. The summed E-state index contributed by atoms with van der Waals surface area (Å²) in [5, 5.41) is 9.86. The molecule has 12 heavy (non-hydrogen) atoms. The van der Waals surface area contributed by atoms with E-state index in [9.17, 15) is 4.79 Å². The van der Waals surface area contributed by atoms with Gasteiger partial charge in [0.1, 0.15) is 6.54 Å². The molecular weight excluding hydrogens is 197 g/mol. The predicted molar refractivity (Wildman–Crippen MR) is 51.1 cm³/mol. The highest BCUT2D eigenvalue weighted by molar-refractivity contribution is 7.96. The second-order valence-corrected chi connectivity index (χ2v) is 3.96. The van der Waals surface area contributed by atoms with Crippen LogP contribution in [0.15, 0.2) is 0 Å². The molecule has 1 atom stereocenters. The summed E-state index contributed by atoms with van der Waals surface area (Å²) in [6, 6.07) is 0. The summed E-state index contributed by atoms with van der Waals surface area (Å²) in [6.07, 6.45) is 0.496. The third kappa shape index (κ3) is 6.61. The van der Waals surface area contributed by atoms with Crippen LogP contribution in [0.4, 0.5) is 0 Å². The fourth-order valence-corrected chi connectivity index (χ4v) is 1.41.